The van der Waals surface area contributed by atoms with Crippen molar-refractivity contribution in [3.8, 4) is 0 Å². The number of carbonyl (C=O) groups is 2. The Balaban J connectivity index is 1.54. The van der Waals surface area contributed by atoms with Crippen LogP contribution >= 0.6 is 23.4 Å². The summed E-state index contributed by atoms with van der Waals surface area (Å²) in [6.07, 6.45) is 1.68. The normalized spacial score (nSPS) is 17.1. The van der Waals surface area contributed by atoms with Gasteiger partial charge in [-0.15, -0.1) is 11.8 Å². The second-order valence-corrected chi connectivity index (χ2v) is 10.5. The first-order valence-electron chi connectivity index (χ1n) is 9.42. The van der Waals surface area contributed by atoms with E-state index in [1.807, 2.05) is 6.07 Å². The second kappa shape index (κ2) is 8.22. The van der Waals surface area contributed by atoms with Crippen LogP contribution in [0.3, 0.4) is 0 Å². The van der Waals surface area contributed by atoms with E-state index in [1.165, 1.54) is 39.2 Å². The Morgan fingerprint density at radius 2 is 1.87 bits per heavy atom. The number of amides is 2. The van der Waals surface area contributed by atoms with Gasteiger partial charge < -0.3 is 10.2 Å². The predicted octanol–water partition coefficient (Wildman–Crippen LogP) is 3.45. The van der Waals surface area contributed by atoms with Crippen molar-refractivity contribution in [3.05, 3.63) is 47.0 Å². The number of sulfonamides is 1. The molecule has 4 rings (SSSR count). The standard InChI is InChI=1S/C20H20ClN3O4S2/c1-23-16-10-13(4-6-17(16)29-12-19(23)25)20(26)22-14-5-7-18(15(21)11-14)30(27,28)24-8-2-3-9-24/h4-7,10-11H,2-3,8-9,12H2,1H3,(H,22,26). The molecule has 0 bridgehead atoms. The molecule has 0 saturated carbocycles. The Morgan fingerprint density at radius 1 is 1.13 bits per heavy atom. The molecule has 2 amide bonds. The number of carbonyl (C=O) groups excluding carboxylic acids is 2. The molecular weight excluding hydrogens is 446 g/mol. The molecule has 158 valence electrons. The van der Waals surface area contributed by atoms with Gasteiger partial charge in [0, 0.05) is 36.3 Å². The Hall–Kier alpha value is -2.07. The summed E-state index contributed by atoms with van der Waals surface area (Å²) in [7, 11) is -1.96. The molecule has 2 aliphatic heterocycles. The van der Waals surface area contributed by atoms with Crippen LogP contribution in [0.4, 0.5) is 11.4 Å². The van der Waals surface area contributed by atoms with Crippen molar-refractivity contribution < 1.29 is 18.0 Å². The first kappa shape index (κ1) is 21.2. The fourth-order valence-corrected chi connectivity index (χ4v) is 6.49. The number of fused-ring (bicyclic) bond motifs is 1. The number of rotatable bonds is 4. The number of benzene rings is 2. The van der Waals surface area contributed by atoms with Crippen LogP contribution < -0.4 is 10.2 Å². The zero-order valence-electron chi connectivity index (χ0n) is 16.2. The van der Waals surface area contributed by atoms with Crippen LogP contribution in [0.25, 0.3) is 0 Å². The maximum absolute atomic E-state index is 12.7. The van der Waals surface area contributed by atoms with E-state index in [-0.39, 0.29) is 21.7 Å². The maximum atomic E-state index is 12.7. The molecule has 2 aromatic rings. The zero-order valence-corrected chi connectivity index (χ0v) is 18.6. The summed E-state index contributed by atoms with van der Waals surface area (Å²) in [6, 6.07) is 9.56. The highest BCUT2D eigenvalue weighted by Crippen LogP contribution is 2.35. The smallest absolute Gasteiger partial charge is 0.255 e. The average molecular weight is 466 g/mol. The summed E-state index contributed by atoms with van der Waals surface area (Å²) in [5.41, 5.74) is 1.47. The topological polar surface area (TPSA) is 86.8 Å². The second-order valence-electron chi connectivity index (χ2n) is 7.13. The minimum atomic E-state index is -3.64. The van der Waals surface area contributed by atoms with Crippen LogP contribution in [-0.2, 0) is 14.8 Å². The Labute approximate surface area is 184 Å². The molecule has 0 unspecified atom stereocenters. The highest BCUT2D eigenvalue weighted by atomic mass is 35.5. The Bertz CT molecular complexity index is 1130. The van der Waals surface area contributed by atoms with Gasteiger partial charge in [-0.2, -0.15) is 4.31 Å². The molecule has 10 heteroatoms. The summed E-state index contributed by atoms with van der Waals surface area (Å²) >= 11 is 7.69. The van der Waals surface area contributed by atoms with Gasteiger partial charge in [0.15, 0.2) is 0 Å². The van der Waals surface area contributed by atoms with Crippen LogP contribution in [-0.4, -0.2) is 50.4 Å². The van der Waals surface area contributed by atoms with Crippen LogP contribution in [0.2, 0.25) is 5.02 Å². The number of halogens is 1. The van der Waals surface area contributed by atoms with Gasteiger partial charge in [-0.3, -0.25) is 9.59 Å². The maximum Gasteiger partial charge on any atom is 0.255 e. The first-order chi connectivity index (χ1) is 14.3. The van der Waals surface area contributed by atoms with Crippen molar-refractivity contribution in [2.75, 3.05) is 36.1 Å². The molecule has 1 fully saturated rings. The number of anilines is 2. The molecule has 0 aromatic heterocycles. The summed E-state index contributed by atoms with van der Waals surface area (Å²) in [6.45, 7) is 0.982. The van der Waals surface area contributed by atoms with E-state index >= 15 is 0 Å². The lowest BCUT2D eigenvalue weighted by Crippen LogP contribution is -2.31. The third-order valence-electron chi connectivity index (χ3n) is 5.18. The van der Waals surface area contributed by atoms with Crippen LogP contribution in [0, 0.1) is 0 Å². The Kier molecular flexibility index (Phi) is 5.80. The van der Waals surface area contributed by atoms with Gasteiger partial charge in [0.2, 0.25) is 15.9 Å². The molecule has 2 aliphatic rings. The number of thioether (sulfide) groups is 1. The molecule has 30 heavy (non-hydrogen) atoms. The number of hydrogen-bond acceptors (Lipinski definition) is 5. The van der Waals surface area contributed by atoms with Gasteiger partial charge in [-0.05, 0) is 49.2 Å². The molecule has 0 atom stereocenters. The van der Waals surface area contributed by atoms with Gasteiger partial charge in [0.25, 0.3) is 5.91 Å². The minimum absolute atomic E-state index is 0.0216. The van der Waals surface area contributed by atoms with E-state index in [0.29, 0.717) is 35.8 Å². The van der Waals surface area contributed by atoms with E-state index < -0.39 is 10.0 Å². The van der Waals surface area contributed by atoms with E-state index in [0.717, 1.165) is 17.7 Å². The first-order valence-corrected chi connectivity index (χ1v) is 12.2. The van der Waals surface area contributed by atoms with Crippen molar-refractivity contribution in [1.82, 2.24) is 4.31 Å². The van der Waals surface area contributed by atoms with Crippen molar-refractivity contribution in [2.24, 2.45) is 0 Å². The lowest BCUT2D eigenvalue weighted by atomic mass is 10.1. The lowest BCUT2D eigenvalue weighted by Gasteiger charge is -2.25. The van der Waals surface area contributed by atoms with Gasteiger partial charge in [-0.25, -0.2) is 8.42 Å². The molecule has 7 nitrogen and oxygen atoms in total. The molecule has 1 N–H and O–H groups in total. The van der Waals surface area contributed by atoms with Gasteiger partial charge in [0.05, 0.1) is 16.5 Å². The van der Waals surface area contributed by atoms with E-state index in [9.17, 15) is 18.0 Å². The van der Waals surface area contributed by atoms with Crippen molar-refractivity contribution in [1.29, 1.82) is 0 Å². The zero-order chi connectivity index (χ0) is 21.5. The van der Waals surface area contributed by atoms with E-state index in [2.05, 4.69) is 5.32 Å². The highest BCUT2D eigenvalue weighted by molar-refractivity contribution is 8.00. The highest BCUT2D eigenvalue weighted by Gasteiger charge is 2.29. The SMILES string of the molecule is CN1C(=O)CSc2ccc(C(=O)Nc3ccc(S(=O)(=O)N4CCCC4)c(Cl)c3)cc21. The largest absolute Gasteiger partial charge is 0.322 e. The van der Waals surface area contributed by atoms with E-state index in [1.54, 1.807) is 19.2 Å². The molecule has 0 aliphatic carbocycles. The fraction of sp³-hybridized carbons (Fsp3) is 0.300. The van der Waals surface area contributed by atoms with Crippen LogP contribution in [0.15, 0.2) is 46.2 Å². The van der Waals surface area contributed by atoms with Crippen molar-refractivity contribution in [2.45, 2.75) is 22.6 Å². The molecule has 1 saturated heterocycles. The number of hydrogen-bond donors (Lipinski definition) is 1. The fourth-order valence-electron chi connectivity index (χ4n) is 3.47. The van der Waals surface area contributed by atoms with Gasteiger partial charge in [-0.1, -0.05) is 11.6 Å². The third-order valence-corrected chi connectivity index (χ3v) is 8.61. The monoisotopic (exact) mass is 465 g/mol. The minimum Gasteiger partial charge on any atom is -0.322 e. The van der Waals surface area contributed by atoms with Crippen LogP contribution in [0.5, 0.6) is 0 Å². The number of nitrogens with one attached hydrogen (secondary N) is 1. The van der Waals surface area contributed by atoms with Gasteiger partial charge >= 0.3 is 0 Å². The molecule has 0 spiro atoms. The molecule has 2 heterocycles. The molecular formula is C20H20ClN3O4S2. The quantitative estimate of drug-likeness (QED) is 0.747. The lowest BCUT2D eigenvalue weighted by molar-refractivity contribution is -0.116. The predicted molar refractivity (Wildman–Crippen MR) is 118 cm³/mol. The third kappa shape index (κ3) is 3.94. The van der Waals surface area contributed by atoms with Crippen LogP contribution in [0.1, 0.15) is 23.2 Å². The van der Waals surface area contributed by atoms with Crippen molar-refractivity contribution >= 4 is 56.6 Å². The average Bonchev–Trinajstić information content (AvgIpc) is 3.26. The van der Waals surface area contributed by atoms with E-state index in [4.69, 9.17) is 11.6 Å². The molecule has 0 radical (unpaired) electrons. The van der Waals surface area contributed by atoms with Crippen molar-refractivity contribution in [3.63, 3.8) is 0 Å². The van der Waals surface area contributed by atoms with Gasteiger partial charge in [0.1, 0.15) is 4.90 Å². The summed E-state index contributed by atoms with van der Waals surface area (Å²) < 4.78 is 26.9. The summed E-state index contributed by atoms with van der Waals surface area (Å²) in [5, 5.41) is 2.80. The summed E-state index contributed by atoms with van der Waals surface area (Å²) in [5.74, 6) is -0.0210. The molecule has 2 aromatic carbocycles. The summed E-state index contributed by atoms with van der Waals surface area (Å²) in [4.78, 5) is 27.1. The Morgan fingerprint density at radius 3 is 2.57 bits per heavy atom. The number of nitrogens with zero attached hydrogens (tertiary/aromatic N) is 2.